The number of amides is 1. The van der Waals surface area contributed by atoms with Gasteiger partial charge in [-0.3, -0.25) is 9.78 Å². The summed E-state index contributed by atoms with van der Waals surface area (Å²) < 4.78 is 0. The van der Waals surface area contributed by atoms with Gasteiger partial charge in [0.2, 0.25) is 0 Å². The second-order valence-electron chi connectivity index (χ2n) is 5.42. The number of nitrogens with zero attached hydrogens (tertiary/aromatic N) is 2. The van der Waals surface area contributed by atoms with Crippen LogP contribution in [0.2, 0.25) is 0 Å². The van der Waals surface area contributed by atoms with Gasteiger partial charge in [0.05, 0.1) is 6.21 Å². The van der Waals surface area contributed by atoms with E-state index in [-0.39, 0.29) is 5.91 Å². The van der Waals surface area contributed by atoms with Crippen LogP contribution >= 0.6 is 0 Å². The maximum absolute atomic E-state index is 11.8. The van der Waals surface area contributed by atoms with E-state index in [1.165, 1.54) is 0 Å². The Morgan fingerprint density at radius 2 is 1.95 bits per heavy atom. The smallest absolute Gasteiger partial charge is 0.267 e. The van der Waals surface area contributed by atoms with E-state index in [1.807, 2.05) is 0 Å². The molecule has 0 radical (unpaired) electrons. The molecule has 20 heavy (non-hydrogen) atoms. The first-order chi connectivity index (χ1) is 9.50. The highest BCUT2D eigenvalue weighted by Gasteiger charge is 2.04. The van der Waals surface area contributed by atoms with E-state index in [2.05, 4.69) is 49.3 Å². The lowest BCUT2D eigenvalue weighted by molar-refractivity contribution is 0.0955. The fourth-order valence-electron chi connectivity index (χ4n) is 1.54. The van der Waals surface area contributed by atoms with Crippen LogP contribution < -0.4 is 5.43 Å². The first-order valence-electron chi connectivity index (χ1n) is 6.94. The Kier molecular flexibility index (Phi) is 6.64. The standard InChI is InChI=1S/C16H23N3O/c1-12(2)5-6-15(13(3)4)11-18-19-16(20)14-7-9-17-10-8-14/h6-13H,5H2,1-4H3,(H,19,20)/b15-6+,18-11+. The normalized spacial score (nSPS) is 12.4. The summed E-state index contributed by atoms with van der Waals surface area (Å²) in [5, 5.41) is 4.03. The Bertz CT molecular complexity index is 476. The van der Waals surface area contributed by atoms with Crippen LogP contribution in [0.1, 0.15) is 44.5 Å². The molecule has 1 amide bonds. The number of pyridine rings is 1. The summed E-state index contributed by atoms with van der Waals surface area (Å²) in [5.41, 5.74) is 4.22. The average Bonchev–Trinajstić information content (AvgIpc) is 2.42. The van der Waals surface area contributed by atoms with Crippen LogP contribution in [-0.4, -0.2) is 17.1 Å². The number of nitrogens with one attached hydrogen (secondary N) is 1. The molecule has 1 heterocycles. The molecule has 0 unspecified atom stereocenters. The Morgan fingerprint density at radius 1 is 1.30 bits per heavy atom. The van der Waals surface area contributed by atoms with Gasteiger partial charge in [-0.05, 0) is 36.0 Å². The molecule has 0 saturated heterocycles. The van der Waals surface area contributed by atoms with Crippen LogP contribution in [-0.2, 0) is 0 Å². The van der Waals surface area contributed by atoms with Crippen molar-refractivity contribution in [1.82, 2.24) is 10.4 Å². The highest BCUT2D eigenvalue weighted by Crippen LogP contribution is 2.11. The first kappa shape index (κ1) is 16.1. The van der Waals surface area contributed by atoms with E-state index in [9.17, 15) is 4.79 Å². The molecule has 1 aromatic heterocycles. The monoisotopic (exact) mass is 273 g/mol. The van der Waals surface area contributed by atoms with Crippen LogP contribution in [0.5, 0.6) is 0 Å². The Morgan fingerprint density at radius 3 is 2.50 bits per heavy atom. The summed E-state index contributed by atoms with van der Waals surface area (Å²) in [7, 11) is 0. The van der Waals surface area contributed by atoms with Crippen molar-refractivity contribution >= 4 is 12.1 Å². The molecule has 0 aliphatic carbocycles. The molecule has 0 spiro atoms. The maximum Gasteiger partial charge on any atom is 0.271 e. The van der Waals surface area contributed by atoms with Crippen molar-refractivity contribution in [3.63, 3.8) is 0 Å². The third-order valence-corrected chi connectivity index (χ3v) is 2.81. The predicted octanol–water partition coefficient (Wildman–Crippen LogP) is 3.43. The summed E-state index contributed by atoms with van der Waals surface area (Å²) in [6, 6.07) is 3.31. The fourth-order valence-corrected chi connectivity index (χ4v) is 1.54. The Labute approximate surface area is 121 Å². The highest BCUT2D eigenvalue weighted by molar-refractivity contribution is 5.94. The summed E-state index contributed by atoms with van der Waals surface area (Å²) in [5.74, 6) is 0.773. The zero-order chi connectivity index (χ0) is 15.0. The largest absolute Gasteiger partial charge is 0.271 e. The summed E-state index contributed by atoms with van der Waals surface area (Å²) in [4.78, 5) is 15.7. The summed E-state index contributed by atoms with van der Waals surface area (Å²) in [6.07, 6.45) is 8.09. The van der Waals surface area contributed by atoms with Gasteiger partial charge in [0.1, 0.15) is 0 Å². The van der Waals surface area contributed by atoms with Crippen LogP contribution in [0.15, 0.2) is 41.3 Å². The van der Waals surface area contributed by atoms with E-state index >= 15 is 0 Å². The lowest BCUT2D eigenvalue weighted by atomic mass is 10.0. The number of hydrazone groups is 1. The van der Waals surface area contributed by atoms with Crippen LogP contribution in [0, 0.1) is 11.8 Å². The van der Waals surface area contributed by atoms with Gasteiger partial charge >= 0.3 is 0 Å². The molecule has 0 saturated carbocycles. The molecule has 4 nitrogen and oxygen atoms in total. The number of carbonyl (C=O) groups is 1. The quantitative estimate of drug-likeness (QED) is 0.637. The van der Waals surface area contributed by atoms with Gasteiger partial charge in [-0.1, -0.05) is 33.8 Å². The van der Waals surface area contributed by atoms with Gasteiger partial charge in [-0.15, -0.1) is 0 Å². The number of hydrogen-bond acceptors (Lipinski definition) is 3. The molecule has 0 bridgehead atoms. The predicted molar refractivity (Wildman–Crippen MR) is 82.6 cm³/mol. The second-order valence-corrected chi connectivity index (χ2v) is 5.42. The van der Waals surface area contributed by atoms with Crippen molar-refractivity contribution in [3.8, 4) is 0 Å². The summed E-state index contributed by atoms with van der Waals surface area (Å²) in [6.45, 7) is 8.58. The van der Waals surface area contributed by atoms with Crippen molar-refractivity contribution in [2.24, 2.45) is 16.9 Å². The third-order valence-electron chi connectivity index (χ3n) is 2.81. The lowest BCUT2D eigenvalue weighted by Crippen LogP contribution is -2.17. The second kappa shape index (κ2) is 8.25. The van der Waals surface area contributed by atoms with Crippen molar-refractivity contribution in [1.29, 1.82) is 0 Å². The number of carbonyl (C=O) groups excluding carboxylic acids is 1. The molecule has 0 aliphatic rings. The van der Waals surface area contributed by atoms with E-state index in [0.717, 1.165) is 12.0 Å². The van der Waals surface area contributed by atoms with Crippen LogP contribution in [0.25, 0.3) is 0 Å². The minimum Gasteiger partial charge on any atom is -0.267 e. The highest BCUT2D eigenvalue weighted by atomic mass is 16.2. The van der Waals surface area contributed by atoms with Crippen LogP contribution in [0.3, 0.4) is 0 Å². The Hall–Kier alpha value is -1.97. The maximum atomic E-state index is 11.8. The zero-order valence-corrected chi connectivity index (χ0v) is 12.6. The molecule has 0 aliphatic heterocycles. The lowest BCUT2D eigenvalue weighted by Gasteiger charge is -2.07. The molecule has 0 atom stereocenters. The topological polar surface area (TPSA) is 54.4 Å². The molecule has 4 heteroatoms. The molecule has 0 fully saturated rings. The van der Waals surface area contributed by atoms with Gasteiger partial charge in [-0.2, -0.15) is 5.10 Å². The molecular weight excluding hydrogens is 250 g/mol. The summed E-state index contributed by atoms with van der Waals surface area (Å²) >= 11 is 0. The van der Waals surface area contributed by atoms with Crippen LogP contribution in [0.4, 0.5) is 0 Å². The van der Waals surface area contributed by atoms with E-state index in [1.54, 1.807) is 30.7 Å². The number of rotatable bonds is 6. The molecule has 1 rings (SSSR count). The Balaban J connectivity index is 2.61. The first-order valence-corrected chi connectivity index (χ1v) is 6.94. The van der Waals surface area contributed by atoms with Crippen molar-refractivity contribution < 1.29 is 4.79 Å². The van der Waals surface area contributed by atoms with Gasteiger partial charge in [-0.25, -0.2) is 5.43 Å². The zero-order valence-electron chi connectivity index (χ0n) is 12.6. The average molecular weight is 273 g/mol. The number of aromatic nitrogens is 1. The van der Waals surface area contributed by atoms with Gasteiger partial charge < -0.3 is 0 Å². The molecule has 0 aromatic carbocycles. The van der Waals surface area contributed by atoms with Gasteiger partial charge in [0, 0.05) is 18.0 Å². The van der Waals surface area contributed by atoms with Crippen molar-refractivity contribution in [3.05, 3.63) is 41.7 Å². The minimum absolute atomic E-state index is 0.226. The molecule has 108 valence electrons. The van der Waals surface area contributed by atoms with Crippen molar-refractivity contribution in [2.75, 3.05) is 0 Å². The minimum atomic E-state index is -0.226. The van der Waals surface area contributed by atoms with E-state index < -0.39 is 0 Å². The molecular formula is C16H23N3O. The molecule has 1 aromatic rings. The SMILES string of the molecule is CC(C)C/C=C(\C=N\NC(=O)c1ccncc1)C(C)C. The van der Waals surface area contributed by atoms with Gasteiger partial charge in [0.25, 0.3) is 5.91 Å². The van der Waals surface area contributed by atoms with Gasteiger partial charge in [0.15, 0.2) is 0 Å². The fraction of sp³-hybridized carbons (Fsp3) is 0.438. The van der Waals surface area contributed by atoms with Crippen molar-refractivity contribution in [2.45, 2.75) is 34.1 Å². The third kappa shape index (κ3) is 5.78. The number of allylic oxidation sites excluding steroid dienone is 2. The number of hydrogen-bond donors (Lipinski definition) is 1. The van der Waals surface area contributed by atoms with E-state index in [4.69, 9.17) is 0 Å². The van der Waals surface area contributed by atoms with E-state index in [0.29, 0.717) is 17.4 Å². The molecule has 1 N–H and O–H groups in total.